The summed E-state index contributed by atoms with van der Waals surface area (Å²) < 4.78 is 28.4. The van der Waals surface area contributed by atoms with Crippen molar-refractivity contribution in [3.05, 3.63) is 54.9 Å². The molecule has 0 radical (unpaired) electrons. The number of anilines is 1. The molecule has 3 rings (SSSR count). The van der Waals surface area contributed by atoms with Gasteiger partial charge >= 0.3 is 0 Å². The molecule has 0 aliphatic heterocycles. The first kappa shape index (κ1) is 16.5. The summed E-state index contributed by atoms with van der Waals surface area (Å²) in [5.41, 5.74) is 4.38. The number of sulfonamides is 1. The van der Waals surface area contributed by atoms with Crippen molar-refractivity contribution in [1.29, 1.82) is 0 Å². The maximum atomic E-state index is 12.0. The second-order valence-corrected chi connectivity index (χ2v) is 7.90. The van der Waals surface area contributed by atoms with Gasteiger partial charge in [0.1, 0.15) is 0 Å². The molecule has 1 fully saturated rings. The topological polar surface area (TPSA) is 64.0 Å². The average molecular weight is 343 g/mol. The average Bonchev–Trinajstić information content (AvgIpc) is 3.34. The normalized spacial score (nSPS) is 15.3. The first-order valence-corrected chi connectivity index (χ1v) is 9.44. The Kier molecular flexibility index (Phi) is 4.32. The fourth-order valence-electron chi connectivity index (χ4n) is 2.61. The molecule has 6 heteroatoms. The van der Waals surface area contributed by atoms with E-state index in [-0.39, 0.29) is 5.25 Å². The summed E-state index contributed by atoms with van der Waals surface area (Å²) in [5, 5.41) is 4.28. The number of benzene rings is 1. The summed E-state index contributed by atoms with van der Waals surface area (Å²) in [6.07, 6.45) is 7.20. The third-order valence-corrected chi connectivity index (χ3v) is 5.92. The SMILES string of the molecule is C=CC(=CC)c1nn(C)cc1-c1ccc(NS(=O)(=O)C2CC2)cc1. The molecule has 0 amide bonds. The van der Waals surface area contributed by atoms with Crippen molar-refractivity contribution >= 4 is 21.3 Å². The molecule has 1 N–H and O–H groups in total. The molecular formula is C18H21N3O2S. The van der Waals surface area contributed by atoms with Gasteiger partial charge in [-0.05, 0) is 43.0 Å². The monoisotopic (exact) mass is 343 g/mol. The quantitative estimate of drug-likeness (QED) is 0.815. The lowest BCUT2D eigenvalue weighted by atomic mass is 10.0. The van der Waals surface area contributed by atoms with E-state index in [1.165, 1.54) is 0 Å². The molecule has 1 heterocycles. The highest BCUT2D eigenvalue weighted by molar-refractivity contribution is 7.93. The van der Waals surface area contributed by atoms with Crippen molar-refractivity contribution < 1.29 is 8.42 Å². The predicted molar refractivity (Wildman–Crippen MR) is 98.1 cm³/mol. The van der Waals surface area contributed by atoms with Gasteiger partial charge in [0.05, 0.1) is 10.9 Å². The van der Waals surface area contributed by atoms with Crippen LogP contribution in [0.5, 0.6) is 0 Å². The first-order valence-electron chi connectivity index (χ1n) is 7.89. The van der Waals surface area contributed by atoms with Gasteiger partial charge in [0.15, 0.2) is 0 Å². The Morgan fingerprint density at radius 1 is 1.33 bits per heavy atom. The second kappa shape index (κ2) is 6.28. The number of rotatable bonds is 6. The van der Waals surface area contributed by atoms with Crippen LogP contribution < -0.4 is 4.72 Å². The standard InChI is InChI=1S/C18H21N3O2S/c1-4-13(5-2)18-17(12-21(3)19-18)14-6-8-15(9-7-14)20-24(22,23)16-10-11-16/h4-9,12,16,20H,1,10-11H2,2-3H3. The molecule has 0 unspecified atom stereocenters. The van der Waals surface area contributed by atoms with Crippen molar-refractivity contribution in [2.75, 3.05) is 4.72 Å². The van der Waals surface area contributed by atoms with Gasteiger partial charge in [0.2, 0.25) is 10.0 Å². The molecule has 0 saturated heterocycles. The van der Waals surface area contributed by atoms with Gasteiger partial charge in [0, 0.05) is 24.5 Å². The van der Waals surface area contributed by atoms with Gasteiger partial charge in [0.25, 0.3) is 0 Å². The lowest BCUT2D eigenvalue weighted by molar-refractivity contribution is 0.600. The lowest BCUT2D eigenvalue weighted by Crippen LogP contribution is -2.17. The molecule has 1 aliphatic rings. The van der Waals surface area contributed by atoms with Crippen LogP contribution >= 0.6 is 0 Å². The Morgan fingerprint density at radius 3 is 2.54 bits per heavy atom. The lowest BCUT2D eigenvalue weighted by Gasteiger charge is -2.08. The van der Waals surface area contributed by atoms with Crippen LogP contribution in [-0.4, -0.2) is 23.4 Å². The van der Waals surface area contributed by atoms with E-state index in [1.807, 2.05) is 38.4 Å². The van der Waals surface area contributed by atoms with Crippen LogP contribution in [0.3, 0.4) is 0 Å². The maximum absolute atomic E-state index is 12.0. The van der Waals surface area contributed by atoms with Crippen LogP contribution in [0, 0.1) is 0 Å². The number of aromatic nitrogens is 2. The highest BCUT2D eigenvalue weighted by Gasteiger charge is 2.35. The van der Waals surface area contributed by atoms with Gasteiger partial charge in [-0.3, -0.25) is 9.40 Å². The van der Waals surface area contributed by atoms with Crippen molar-refractivity contribution in [2.24, 2.45) is 7.05 Å². The minimum absolute atomic E-state index is 0.230. The summed E-state index contributed by atoms with van der Waals surface area (Å²) in [7, 11) is -1.36. The van der Waals surface area contributed by atoms with Crippen molar-refractivity contribution in [3.8, 4) is 11.1 Å². The summed E-state index contributed by atoms with van der Waals surface area (Å²) in [5.74, 6) is 0. The van der Waals surface area contributed by atoms with Crippen LogP contribution in [0.15, 0.2) is 49.2 Å². The molecule has 1 saturated carbocycles. The van der Waals surface area contributed by atoms with Crippen LogP contribution in [-0.2, 0) is 17.1 Å². The highest BCUT2D eigenvalue weighted by Crippen LogP contribution is 2.32. The molecule has 126 valence electrons. The predicted octanol–water partition coefficient (Wildman–Crippen LogP) is 3.58. The Balaban J connectivity index is 1.90. The number of nitrogens with zero attached hydrogens (tertiary/aromatic N) is 2. The fourth-order valence-corrected chi connectivity index (χ4v) is 4.00. The molecule has 5 nitrogen and oxygen atoms in total. The molecule has 0 spiro atoms. The molecule has 2 aromatic rings. The largest absolute Gasteiger partial charge is 0.283 e. The van der Waals surface area contributed by atoms with Gasteiger partial charge < -0.3 is 0 Å². The van der Waals surface area contributed by atoms with E-state index in [9.17, 15) is 8.42 Å². The van der Waals surface area contributed by atoms with E-state index in [2.05, 4.69) is 16.4 Å². The molecular weight excluding hydrogens is 322 g/mol. The van der Waals surface area contributed by atoms with Gasteiger partial charge in [-0.15, -0.1) is 0 Å². The summed E-state index contributed by atoms with van der Waals surface area (Å²) in [6, 6.07) is 7.38. The molecule has 1 aromatic heterocycles. The van der Waals surface area contributed by atoms with E-state index in [4.69, 9.17) is 0 Å². The summed E-state index contributed by atoms with van der Waals surface area (Å²) >= 11 is 0. The van der Waals surface area contributed by atoms with E-state index in [0.717, 1.165) is 35.2 Å². The second-order valence-electron chi connectivity index (χ2n) is 5.94. The Labute approximate surface area is 142 Å². The Bertz CT molecular complexity index is 889. The zero-order valence-corrected chi connectivity index (χ0v) is 14.7. The van der Waals surface area contributed by atoms with Gasteiger partial charge in [-0.2, -0.15) is 5.10 Å². The van der Waals surface area contributed by atoms with Crippen LogP contribution in [0.25, 0.3) is 16.7 Å². The third-order valence-electron chi connectivity index (χ3n) is 4.05. The van der Waals surface area contributed by atoms with Crippen LogP contribution in [0.4, 0.5) is 5.69 Å². The fraction of sp³-hybridized carbons (Fsp3) is 0.278. The summed E-state index contributed by atoms with van der Waals surface area (Å²) in [4.78, 5) is 0. The van der Waals surface area contributed by atoms with Crippen molar-refractivity contribution in [1.82, 2.24) is 9.78 Å². The number of aryl methyl sites for hydroxylation is 1. The van der Waals surface area contributed by atoms with E-state index < -0.39 is 10.0 Å². The van der Waals surface area contributed by atoms with E-state index in [1.54, 1.807) is 22.9 Å². The van der Waals surface area contributed by atoms with Crippen molar-refractivity contribution in [2.45, 2.75) is 25.0 Å². The smallest absolute Gasteiger partial charge is 0.235 e. The van der Waals surface area contributed by atoms with Crippen molar-refractivity contribution in [3.63, 3.8) is 0 Å². The zero-order valence-electron chi connectivity index (χ0n) is 13.9. The molecule has 1 aliphatic carbocycles. The van der Waals surface area contributed by atoms with Gasteiger partial charge in [-0.25, -0.2) is 8.42 Å². The number of hydrogen-bond acceptors (Lipinski definition) is 3. The van der Waals surface area contributed by atoms with Crippen LogP contribution in [0.2, 0.25) is 0 Å². The number of allylic oxidation sites excluding steroid dienone is 3. The number of hydrogen-bond donors (Lipinski definition) is 1. The Morgan fingerprint density at radius 2 is 2.00 bits per heavy atom. The minimum atomic E-state index is -3.23. The number of nitrogens with one attached hydrogen (secondary N) is 1. The maximum Gasteiger partial charge on any atom is 0.235 e. The molecule has 0 atom stereocenters. The highest BCUT2D eigenvalue weighted by atomic mass is 32.2. The Hall–Kier alpha value is -2.34. The van der Waals surface area contributed by atoms with Crippen LogP contribution in [0.1, 0.15) is 25.5 Å². The summed E-state index contributed by atoms with van der Waals surface area (Å²) in [6.45, 7) is 5.78. The molecule has 0 bridgehead atoms. The molecule has 1 aromatic carbocycles. The van der Waals surface area contributed by atoms with Gasteiger partial charge in [-0.1, -0.05) is 30.9 Å². The minimum Gasteiger partial charge on any atom is -0.283 e. The zero-order chi connectivity index (χ0) is 17.3. The third kappa shape index (κ3) is 3.28. The van der Waals surface area contributed by atoms with E-state index in [0.29, 0.717) is 5.69 Å². The molecule has 24 heavy (non-hydrogen) atoms. The van der Waals surface area contributed by atoms with E-state index >= 15 is 0 Å². The first-order chi connectivity index (χ1) is 11.4.